The lowest BCUT2D eigenvalue weighted by molar-refractivity contribution is 0.118. The van der Waals surface area contributed by atoms with Crippen LogP contribution in [0.5, 0.6) is 0 Å². The number of nitrogens with two attached hydrogens (primary N) is 1. The molecule has 0 saturated heterocycles. The molecule has 102 valence electrons. The number of nitrogen functional groups attached to an aromatic ring is 1. The number of hydrogen-bond acceptors (Lipinski definition) is 5. The topological polar surface area (TPSA) is 73.1 Å². The molecular formula is C14H20N4O. The van der Waals surface area contributed by atoms with Gasteiger partial charge in [-0.15, -0.1) is 0 Å². The molecule has 3 N–H and O–H groups in total. The van der Waals surface area contributed by atoms with Crippen LogP contribution in [0, 0.1) is 5.92 Å². The van der Waals surface area contributed by atoms with Crippen molar-refractivity contribution in [2.24, 2.45) is 5.92 Å². The first-order valence-electron chi connectivity index (χ1n) is 6.50. The molecule has 1 aromatic heterocycles. The van der Waals surface area contributed by atoms with Gasteiger partial charge in [-0.1, -0.05) is 26.0 Å². The molecule has 0 bridgehead atoms. The highest BCUT2D eigenvalue weighted by Gasteiger charge is 2.04. The van der Waals surface area contributed by atoms with Crippen LogP contribution in [0.4, 0.5) is 11.8 Å². The summed E-state index contributed by atoms with van der Waals surface area (Å²) in [6, 6.07) is 7.80. The highest BCUT2D eigenvalue weighted by Crippen LogP contribution is 2.20. The molecule has 1 heterocycles. The first kappa shape index (κ1) is 13.5. The van der Waals surface area contributed by atoms with E-state index in [0.717, 1.165) is 23.3 Å². The van der Waals surface area contributed by atoms with Crippen molar-refractivity contribution in [2.45, 2.75) is 13.8 Å². The van der Waals surface area contributed by atoms with Crippen LogP contribution in [0.3, 0.4) is 0 Å². The third kappa shape index (κ3) is 3.79. The molecule has 0 radical (unpaired) electrons. The minimum Gasteiger partial charge on any atom is -0.379 e. The average molecular weight is 260 g/mol. The molecule has 0 spiro atoms. The molecule has 0 saturated carbocycles. The molecule has 5 nitrogen and oxygen atoms in total. The van der Waals surface area contributed by atoms with E-state index < -0.39 is 0 Å². The van der Waals surface area contributed by atoms with E-state index in [1.165, 1.54) is 0 Å². The minimum absolute atomic E-state index is 0.282. The number of rotatable bonds is 6. The Bertz CT molecular complexity index is 542. The van der Waals surface area contributed by atoms with E-state index in [1.54, 1.807) is 0 Å². The lowest BCUT2D eigenvalue weighted by Crippen LogP contribution is -2.13. The average Bonchev–Trinajstić information content (AvgIpc) is 2.37. The number of benzene rings is 1. The first-order chi connectivity index (χ1) is 9.16. The van der Waals surface area contributed by atoms with Crippen molar-refractivity contribution < 1.29 is 4.74 Å². The van der Waals surface area contributed by atoms with Gasteiger partial charge in [0.1, 0.15) is 5.82 Å². The molecule has 5 heteroatoms. The summed E-state index contributed by atoms with van der Waals surface area (Å²) in [6.45, 7) is 6.38. The molecule has 1 aromatic carbocycles. The van der Waals surface area contributed by atoms with Gasteiger partial charge in [0.2, 0.25) is 5.95 Å². The minimum atomic E-state index is 0.282. The number of hydrogen-bond donors (Lipinski definition) is 2. The highest BCUT2D eigenvalue weighted by atomic mass is 16.5. The van der Waals surface area contributed by atoms with Gasteiger partial charge in [-0.25, -0.2) is 4.98 Å². The fourth-order valence-electron chi connectivity index (χ4n) is 1.79. The van der Waals surface area contributed by atoms with E-state index in [1.807, 2.05) is 24.3 Å². The van der Waals surface area contributed by atoms with Crippen molar-refractivity contribution in [1.82, 2.24) is 9.97 Å². The molecule has 0 aliphatic rings. The fourth-order valence-corrected chi connectivity index (χ4v) is 1.79. The first-order valence-corrected chi connectivity index (χ1v) is 6.50. The molecule has 0 unspecified atom stereocenters. The summed E-state index contributed by atoms with van der Waals surface area (Å²) in [5.74, 6) is 1.59. The second-order valence-corrected chi connectivity index (χ2v) is 4.84. The van der Waals surface area contributed by atoms with E-state index >= 15 is 0 Å². The predicted molar refractivity (Wildman–Crippen MR) is 78.1 cm³/mol. The monoisotopic (exact) mass is 260 g/mol. The summed E-state index contributed by atoms with van der Waals surface area (Å²) in [5, 5.41) is 4.22. The summed E-state index contributed by atoms with van der Waals surface area (Å²) < 4.78 is 5.52. The molecule has 0 aliphatic carbocycles. The SMILES string of the molecule is CC(C)COCCNc1nc(N)nc2ccccc12. The number of anilines is 2. The second kappa shape index (κ2) is 6.33. The Kier molecular flexibility index (Phi) is 4.52. The maximum atomic E-state index is 5.70. The zero-order valence-corrected chi connectivity index (χ0v) is 11.4. The maximum Gasteiger partial charge on any atom is 0.222 e. The number of fused-ring (bicyclic) bond motifs is 1. The van der Waals surface area contributed by atoms with Crippen molar-refractivity contribution >= 4 is 22.7 Å². The number of para-hydroxylation sites is 1. The highest BCUT2D eigenvalue weighted by molar-refractivity contribution is 5.89. The van der Waals surface area contributed by atoms with Gasteiger partial charge in [-0.05, 0) is 18.1 Å². The van der Waals surface area contributed by atoms with Crippen LogP contribution in [0.25, 0.3) is 10.9 Å². The third-order valence-corrected chi connectivity index (χ3v) is 2.61. The third-order valence-electron chi connectivity index (χ3n) is 2.61. The number of ether oxygens (including phenoxy) is 1. The van der Waals surface area contributed by atoms with E-state index in [0.29, 0.717) is 19.1 Å². The summed E-state index contributed by atoms with van der Waals surface area (Å²) in [7, 11) is 0. The summed E-state index contributed by atoms with van der Waals surface area (Å²) in [4.78, 5) is 8.43. The van der Waals surface area contributed by atoms with E-state index in [2.05, 4.69) is 29.1 Å². The standard InChI is InChI=1S/C14H20N4O/c1-10(2)9-19-8-7-16-13-11-5-3-4-6-12(11)17-14(15)18-13/h3-6,10H,7-9H2,1-2H3,(H3,15,16,17,18). The number of nitrogens with zero attached hydrogens (tertiary/aromatic N) is 2. The summed E-state index contributed by atoms with van der Waals surface area (Å²) in [6.07, 6.45) is 0. The van der Waals surface area contributed by atoms with E-state index in [4.69, 9.17) is 10.5 Å². The predicted octanol–water partition coefficient (Wildman–Crippen LogP) is 2.30. The van der Waals surface area contributed by atoms with Crippen LogP contribution in [0.1, 0.15) is 13.8 Å². The van der Waals surface area contributed by atoms with Crippen molar-refractivity contribution in [3.05, 3.63) is 24.3 Å². The Morgan fingerprint density at radius 3 is 2.84 bits per heavy atom. The van der Waals surface area contributed by atoms with Crippen molar-refractivity contribution in [3.8, 4) is 0 Å². The van der Waals surface area contributed by atoms with Crippen molar-refractivity contribution in [2.75, 3.05) is 30.8 Å². The fraction of sp³-hybridized carbons (Fsp3) is 0.429. The van der Waals surface area contributed by atoms with E-state index in [-0.39, 0.29) is 5.95 Å². The van der Waals surface area contributed by atoms with Crippen LogP contribution in [-0.2, 0) is 4.74 Å². The summed E-state index contributed by atoms with van der Waals surface area (Å²) in [5.41, 5.74) is 6.55. The Balaban J connectivity index is 2.00. The van der Waals surface area contributed by atoms with Gasteiger partial charge in [-0.3, -0.25) is 0 Å². The van der Waals surface area contributed by atoms with Gasteiger partial charge in [0.05, 0.1) is 12.1 Å². The van der Waals surface area contributed by atoms with Gasteiger partial charge in [0, 0.05) is 18.5 Å². The number of nitrogens with one attached hydrogen (secondary N) is 1. The van der Waals surface area contributed by atoms with Gasteiger partial charge in [-0.2, -0.15) is 4.98 Å². The molecule has 0 amide bonds. The van der Waals surface area contributed by atoms with Gasteiger partial charge in [0.15, 0.2) is 0 Å². The lowest BCUT2D eigenvalue weighted by atomic mass is 10.2. The zero-order chi connectivity index (χ0) is 13.7. The van der Waals surface area contributed by atoms with Crippen LogP contribution >= 0.6 is 0 Å². The van der Waals surface area contributed by atoms with Gasteiger partial charge in [0.25, 0.3) is 0 Å². The molecule has 0 fully saturated rings. The second-order valence-electron chi connectivity index (χ2n) is 4.84. The molecular weight excluding hydrogens is 240 g/mol. The molecule has 0 atom stereocenters. The molecule has 2 aromatic rings. The quantitative estimate of drug-likeness (QED) is 0.780. The normalized spacial score (nSPS) is 11.1. The van der Waals surface area contributed by atoms with Crippen LogP contribution < -0.4 is 11.1 Å². The Hall–Kier alpha value is -1.88. The van der Waals surface area contributed by atoms with Gasteiger partial charge < -0.3 is 15.8 Å². The molecule has 2 rings (SSSR count). The van der Waals surface area contributed by atoms with Crippen molar-refractivity contribution in [1.29, 1.82) is 0 Å². The smallest absolute Gasteiger partial charge is 0.222 e. The lowest BCUT2D eigenvalue weighted by Gasteiger charge is -2.10. The van der Waals surface area contributed by atoms with Crippen LogP contribution in [0.15, 0.2) is 24.3 Å². The zero-order valence-electron chi connectivity index (χ0n) is 11.4. The Morgan fingerprint density at radius 1 is 1.26 bits per heavy atom. The molecule has 19 heavy (non-hydrogen) atoms. The Morgan fingerprint density at radius 2 is 2.05 bits per heavy atom. The molecule has 0 aliphatic heterocycles. The maximum absolute atomic E-state index is 5.70. The van der Waals surface area contributed by atoms with E-state index in [9.17, 15) is 0 Å². The van der Waals surface area contributed by atoms with Crippen molar-refractivity contribution in [3.63, 3.8) is 0 Å². The van der Waals surface area contributed by atoms with Crippen LogP contribution in [-0.4, -0.2) is 29.7 Å². The van der Waals surface area contributed by atoms with Crippen LogP contribution in [0.2, 0.25) is 0 Å². The number of aromatic nitrogens is 2. The largest absolute Gasteiger partial charge is 0.379 e. The Labute approximate surface area is 113 Å². The van der Waals surface area contributed by atoms with Gasteiger partial charge >= 0.3 is 0 Å². The summed E-state index contributed by atoms with van der Waals surface area (Å²) >= 11 is 0.